The molecular formula is C14H16BrN3O. The Kier molecular flexibility index (Phi) is 4.74. The van der Waals surface area contributed by atoms with Crippen LogP contribution in [0, 0.1) is 0 Å². The number of nitrogens with zero attached hydrogens (tertiary/aromatic N) is 2. The second-order valence-corrected chi connectivity index (χ2v) is 5.19. The minimum atomic E-state index is -0.00382. The van der Waals surface area contributed by atoms with Crippen molar-refractivity contribution in [1.29, 1.82) is 0 Å². The Hall–Kier alpha value is -1.62. The van der Waals surface area contributed by atoms with Gasteiger partial charge in [0.25, 0.3) is 0 Å². The van der Waals surface area contributed by atoms with E-state index in [1.165, 1.54) is 5.56 Å². The number of anilines is 1. The third-order valence-electron chi connectivity index (χ3n) is 2.82. The molecule has 0 saturated carbocycles. The molecule has 5 heteroatoms. The van der Waals surface area contributed by atoms with Crippen molar-refractivity contribution in [2.75, 3.05) is 5.32 Å². The van der Waals surface area contributed by atoms with Gasteiger partial charge in [0.2, 0.25) is 5.91 Å². The van der Waals surface area contributed by atoms with Crippen LogP contribution < -0.4 is 5.32 Å². The molecule has 0 aliphatic heterocycles. The average molecular weight is 322 g/mol. The first-order valence-corrected chi connectivity index (χ1v) is 7.03. The first-order valence-electron chi connectivity index (χ1n) is 6.24. The predicted molar refractivity (Wildman–Crippen MR) is 79.0 cm³/mol. The lowest BCUT2D eigenvalue weighted by Crippen LogP contribution is -2.14. The Labute approximate surface area is 120 Å². The molecule has 1 amide bonds. The van der Waals surface area contributed by atoms with Crippen LogP contribution in [0.4, 0.5) is 5.69 Å². The van der Waals surface area contributed by atoms with Crippen LogP contribution in [0.3, 0.4) is 0 Å². The molecule has 1 aromatic heterocycles. The van der Waals surface area contributed by atoms with Gasteiger partial charge in [-0.25, -0.2) is 0 Å². The van der Waals surface area contributed by atoms with Crippen LogP contribution in [0.5, 0.6) is 0 Å². The van der Waals surface area contributed by atoms with Crippen LogP contribution >= 0.6 is 15.9 Å². The summed E-state index contributed by atoms with van der Waals surface area (Å²) in [5.41, 5.74) is 2.10. The lowest BCUT2D eigenvalue weighted by Gasteiger charge is -2.06. The van der Waals surface area contributed by atoms with Crippen LogP contribution in [0.2, 0.25) is 0 Å². The summed E-state index contributed by atoms with van der Waals surface area (Å²) in [6.45, 7) is 2.68. The zero-order valence-corrected chi connectivity index (χ0v) is 12.4. The third-order valence-corrected chi connectivity index (χ3v) is 3.23. The average Bonchev–Trinajstić information content (AvgIpc) is 2.83. The summed E-state index contributed by atoms with van der Waals surface area (Å²) in [6.07, 6.45) is 4.97. The van der Waals surface area contributed by atoms with E-state index in [1.54, 1.807) is 10.9 Å². The fourth-order valence-electron chi connectivity index (χ4n) is 1.72. The molecule has 4 nitrogen and oxygen atoms in total. The van der Waals surface area contributed by atoms with E-state index < -0.39 is 0 Å². The Morgan fingerprint density at radius 2 is 2.11 bits per heavy atom. The van der Waals surface area contributed by atoms with Gasteiger partial charge in [0.15, 0.2) is 0 Å². The van der Waals surface area contributed by atoms with Gasteiger partial charge in [-0.1, -0.05) is 19.1 Å². The smallest absolute Gasteiger partial charge is 0.226 e. The zero-order valence-electron chi connectivity index (χ0n) is 10.8. The maximum absolute atomic E-state index is 11.8. The minimum absolute atomic E-state index is 0.00382. The molecule has 0 radical (unpaired) electrons. The van der Waals surface area contributed by atoms with Gasteiger partial charge in [-0.2, -0.15) is 5.10 Å². The zero-order chi connectivity index (χ0) is 13.7. The standard InChI is InChI=1S/C14H16BrN3O/c1-2-11-3-5-13(6-4-11)17-14(19)7-8-18-10-12(15)9-16-18/h3-6,9-10H,2,7-8H2,1H3,(H,17,19). The van der Waals surface area contributed by atoms with E-state index in [0.717, 1.165) is 16.6 Å². The number of carbonyl (C=O) groups is 1. The number of aryl methyl sites for hydroxylation is 2. The van der Waals surface area contributed by atoms with Crippen molar-refractivity contribution in [2.45, 2.75) is 26.3 Å². The van der Waals surface area contributed by atoms with Crippen molar-refractivity contribution >= 4 is 27.5 Å². The number of benzene rings is 1. The molecule has 0 aliphatic carbocycles. The summed E-state index contributed by atoms with van der Waals surface area (Å²) in [6, 6.07) is 7.92. The molecule has 1 heterocycles. The number of hydrogen-bond donors (Lipinski definition) is 1. The van der Waals surface area contributed by atoms with Crippen LogP contribution in [0.25, 0.3) is 0 Å². The lowest BCUT2D eigenvalue weighted by molar-refractivity contribution is -0.116. The molecule has 1 aromatic carbocycles. The summed E-state index contributed by atoms with van der Waals surface area (Å²) in [7, 11) is 0. The fraction of sp³-hybridized carbons (Fsp3) is 0.286. The van der Waals surface area contributed by atoms with Crippen LogP contribution in [-0.4, -0.2) is 15.7 Å². The van der Waals surface area contributed by atoms with Crippen LogP contribution in [-0.2, 0) is 17.8 Å². The second kappa shape index (κ2) is 6.52. The van der Waals surface area contributed by atoms with Gasteiger partial charge >= 0.3 is 0 Å². The Balaban J connectivity index is 1.83. The molecule has 0 bridgehead atoms. The first kappa shape index (κ1) is 13.8. The van der Waals surface area contributed by atoms with Gasteiger partial charge in [-0.05, 0) is 40.0 Å². The maximum Gasteiger partial charge on any atom is 0.226 e. The Bertz CT molecular complexity index is 548. The molecular weight excluding hydrogens is 306 g/mol. The molecule has 2 rings (SSSR count). The van der Waals surface area contributed by atoms with E-state index >= 15 is 0 Å². The highest BCUT2D eigenvalue weighted by Crippen LogP contribution is 2.11. The summed E-state index contributed by atoms with van der Waals surface area (Å²) in [5, 5.41) is 6.99. The maximum atomic E-state index is 11.8. The number of amides is 1. The van der Waals surface area contributed by atoms with E-state index in [-0.39, 0.29) is 5.91 Å². The molecule has 19 heavy (non-hydrogen) atoms. The van der Waals surface area contributed by atoms with E-state index in [1.807, 2.05) is 30.5 Å². The lowest BCUT2D eigenvalue weighted by atomic mass is 10.1. The molecule has 0 saturated heterocycles. The largest absolute Gasteiger partial charge is 0.326 e. The van der Waals surface area contributed by atoms with Crippen molar-refractivity contribution in [3.63, 3.8) is 0 Å². The summed E-state index contributed by atoms with van der Waals surface area (Å²) >= 11 is 3.32. The van der Waals surface area contributed by atoms with Gasteiger partial charge < -0.3 is 5.32 Å². The number of carbonyl (C=O) groups excluding carboxylic acids is 1. The molecule has 0 atom stereocenters. The molecule has 2 aromatic rings. The van der Waals surface area contributed by atoms with Gasteiger partial charge in [0, 0.05) is 24.8 Å². The molecule has 0 fully saturated rings. The van der Waals surface area contributed by atoms with Gasteiger partial charge in [0.1, 0.15) is 0 Å². The number of nitrogens with one attached hydrogen (secondary N) is 1. The molecule has 100 valence electrons. The normalized spacial score (nSPS) is 10.4. The fourth-order valence-corrected chi connectivity index (χ4v) is 2.05. The van der Waals surface area contributed by atoms with Gasteiger partial charge in [0.05, 0.1) is 10.7 Å². The van der Waals surface area contributed by atoms with Crippen molar-refractivity contribution in [3.8, 4) is 0 Å². The summed E-state index contributed by atoms with van der Waals surface area (Å²) in [4.78, 5) is 11.8. The van der Waals surface area contributed by atoms with Crippen LogP contribution in [0.15, 0.2) is 41.1 Å². The van der Waals surface area contributed by atoms with Gasteiger partial charge in [-0.3, -0.25) is 9.48 Å². The van der Waals surface area contributed by atoms with E-state index in [4.69, 9.17) is 0 Å². The number of hydrogen-bond acceptors (Lipinski definition) is 2. The van der Waals surface area contributed by atoms with E-state index in [9.17, 15) is 4.79 Å². The highest BCUT2D eigenvalue weighted by molar-refractivity contribution is 9.10. The Morgan fingerprint density at radius 3 is 2.68 bits per heavy atom. The minimum Gasteiger partial charge on any atom is -0.326 e. The number of halogens is 1. The van der Waals surface area contributed by atoms with Crippen molar-refractivity contribution < 1.29 is 4.79 Å². The third kappa shape index (κ3) is 4.21. The number of rotatable bonds is 5. The molecule has 0 aliphatic rings. The monoisotopic (exact) mass is 321 g/mol. The summed E-state index contributed by atoms with van der Waals surface area (Å²) in [5.74, 6) is -0.00382. The SMILES string of the molecule is CCc1ccc(NC(=O)CCn2cc(Br)cn2)cc1. The first-order chi connectivity index (χ1) is 9.17. The number of aromatic nitrogens is 2. The van der Waals surface area contributed by atoms with Crippen molar-refractivity contribution in [1.82, 2.24) is 9.78 Å². The van der Waals surface area contributed by atoms with E-state index in [2.05, 4.69) is 33.3 Å². The van der Waals surface area contributed by atoms with E-state index in [0.29, 0.717) is 13.0 Å². The highest BCUT2D eigenvalue weighted by atomic mass is 79.9. The Morgan fingerprint density at radius 1 is 1.37 bits per heavy atom. The topological polar surface area (TPSA) is 46.9 Å². The van der Waals surface area contributed by atoms with Crippen molar-refractivity contribution in [2.24, 2.45) is 0 Å². The summed E-state index contributed by atoms with van der Waals surface area (Å²) < 4.78 is 2.66. The second-order valence-electron chi connectivity index (χ2n) is 4.27. The highest BCUT2D eigenvalue weighted by Gasteiger charge is 2.03. The predicted octanol–water partition coefficient (Wildman–Crippen LogP) is 3.24. The molecule has 0 spiro atoms. The quantitative estimate of drug-likeness (QED) is 0.919. The molecule has 0 unspecified atom stereocenters. The molecule has 1 N–H and O–H groups in total. The van der Waals surface area contributed by atoms with Crippen molar-refractivity contribution in [3.05, 3.63) is 46.7 Å². The van der Waals surface area contributed by atoms with Gasteiger partial charge in [-0.15, -0.1) is 0 Å². The van der Waals surface area contributed by atoms with Crippen LogP contribution in [0.1, 0.15) is 18.9 Å².